The zero-order valence-corrected chi connectivity index (χ0v) is 12.7. The van der Waals surface area contributed by atoms with E-state index in [0.29, 0.717) is 0 Å². The number of hydrogen-bond donors (Lipinski definition) is 1. The molecule has 0 aliphatic heterocycles. The smallest absolute Gasteiger partial charge is 0.271 e. The van der Waals surface area contributed by atoms with Crippen LogP contribution in [0.15, 0.2) is 41.6 Å². The van der Waals surface area contributed by atoms with E-state index < -0.39 is 17.8 Å². The molecular formula is C16H15F3N4O. The minimum Gasteiger partial charge on any atom is -0.271 e. The number of halogens is 3. The number of rotatable bonds is 3. The van der Waals surface area contributed by atoms with Gasteiger partial charge in [0, 0.05) is 11.8 Å². The Bertz CT molecular complexity index is 780. The molecule has 0 bridgehead atoms. The van der Waals surface area contributed by atoms with Crippen LogP contribution in [0.4, 0.5) is 13.2 Å². The van der Waals surface area contributed by atoms with Crippen LogP contribution < -0.4 is 5.43 Å². The third kappa shape index (κ3) is 3.64. The quantitative estimate of drug-likeness (QED) is 0.876. The Labute approximate surface area is 136 Å². The van der Waals surface area contributed by atoms with E-state index >= 15 is 0 Å². The van der Waals surface area contributed by atoms with Crippen LogP contribution in [0, 0.1) is 0 Å². The molecule has 24 heavy (non-hydrogen) atoms. The van der Waals surface area contributed by atoms with Gasteiger partial charge in [-0.1, -0.05) is 24.3 Å². The van der Waals surface area contributed by atoms with Gasteiger partial charge in [-0.2, -0.15) is 23.4 Å². The van der Waals surface area contributed by atoms with Gasteiger partial charge in [0.05, 0.1) is 5.71 Å². The summed E-state index contributed by atoms with van der Waals surface area (Å²) in [5.74, 6) is -0.526. The lowest BCUT2D eigenvalue weighted by atomic mass is 9.90. The van der Waals surface area contributed by atoms with Crippen molar-refractivity contribution < 1.29 is 18.0 Å². The molecule has 0 atom stereocenters. The van der Waals surface area contributed by atoms with Crippen LogP contribution in [-0.4, -0.2) is 21.4 Å². The fourth-order valence-electron chi connectivity index (χ4n) is 2.63. The fourth-order valence-corrected chi connectivity index (χ4v) is 2.63. The molecule has 0 unspecified atom stereocenters. The Morgan fingerprint density at radius 2 is 2.04 bits per heavy atom. The molecule has 2 aromatic rings. The van der Waals surface area contributed by atoms with Gasteiger partial charge in [-0.25, -0.2) is 5.43 Å². The SMILES string of the molecule is O=C(Cn1ccc(C(F)(F)F)n1)N/N=C1\CCCc2ccccc21. The summed E-state index contributed by atoms with van der Waals surface area (Å²) in [6.07, 6.45) is -0.743. The van der Waals surface area contributed by atoms with Gasteiger partial charge in [-0.3, -0.25) is 9.48 Å². The van der Waals surface area contributed by atoms with E-state index in [1.807, 2.05) is 24.3 Å². The predicted molar refractivity (Wildman–Crippen MR) is 81.3 cm³/mol. The number of benzene rings is 1. The van der Waals surface area contributed by atoms with Crippen molar-refractivity contribution in [2.24, 2.45) is 5.10 Å². The molecule has 1 amide bonds. The number of hydrazone groups is 1. The molecule has 1 aromatic heterocycles. The van der Waals surface area contributed by atoms with Crippen LogP contribution in [0.3, 0.4) is 0 Å². The van der Waals surface area contributed by atoms with Crippen LogP contribution in [0.5, 0.6) is 0 Å². The third-order valence-electron chi connectivity index (χ3n) is 3.74. The molecule has 0 radical (unpaired) electrons. The van der Waals surface area contributed by atoms with Crippen LogP contribution in [0.1, 0.15) is 29.7 Å². The largest absolute Gasteiger partial charge is 0.435 e. The van der Waals surface area contributed by atoms with E-state index in [-0.39, 0.29) is 6.54 Å². The van der Waals surface area contributed by atoms with Crippen LogP contribution in [0.25, 0.3) is 0 Å². The first-order valence-electron chi connectivity index (χ1n) is 7.48. The van der Waals surface area contributed by atoms with E-state index in [1.165, 1.54) is 5.56 Å². The summed E-state index contributed by atoms with van der Waals surface area (Å²) in [5, 5.41) is 7.46. The molecule has 8 heteroatoms. The van der Waals surface area contributed by atoms with Crippen molar-refractivity contribution in [3.05, 3.63) is 53.3 Å². The maximum atomic E-state index is 12.5. The topological polar surface area (TPSA) is 59.3 Å². The van der Waals surface area contributed by atoms with Gasteiger partial charge < -0.3 is 0 Å². The van der Waals surface area contributed by atoms with Gasteiger partial charge in [0.2, 0.25) is 0 Å². The van der Waals surface area contributed by atoms with Crippen LogP contribution in [-0.2, 0) is 23.9 Å². The minimum atomic E-state index is -4.52. The van der Waals surface area contributed by atoms with Gasteiger partial charge in [0.1, 0.15) is 6.54 Å². The zero-order chi connectivity index (χ0) is 17.2. The summed E-state index contributed by atoms with van der Waals surface area (Å²) in [4.78, 5) is 11.9. The maximum Gasteiger partial charge on any atom is 0.435 e. The van der Waals surface area contributed by atoms with Crippen LogP contribution in [0.2, 0.25) is 0 Å². The second-order valence-electron chi connectivity index (χ2n) is 5.50. The molecule has 1 aliphatic carbocycles. The Morgan fingerprint density at radius 3 is 2.79 bits per heavy atom. The first-order chi connectivity index (χ1) is 11.4. The molecule has 5 nitrogen and oxygen atoms in total. The third-order valence-corrected chi connectivity index (χ3v) is 3.74. The summed E-state index contributed by atoms with van der Waals surface area (Å²) < 4.78 is 38.4. The van der Waals surface area contributed by atoms with Gasteiger partial charge in [0.15, 0.2) is 5.69 Å². The van der Waals surface area contributed by atoms with Gasteiger partial charge in [-0.05, 0) is 30.9 Å². The first kappa shape index (κ1) is 16.2. The second-order valence-corrected chi connectivity index (χ2v) is 5.50. The van der Waals surface area contributed by atoms with Crippen molar-refractivity contribution in [1.29, 1.82) is 0 Å². The summed E-state index contributed by atoms with van der Waals surface area (Å²) in [6, 6.07) is 8.66. The number of nitrogens with zero attached hydrogens (tertiary/aromatic N) is 3. The monoisotopic (exact) mass is 336 g/mol. The normalized spacial score (nSPS) is 16.0. The number of hydrogen-bond acceptors (Lipinski definition) is 3. The molecule has 0 spiro atoms. The van der Waals surface area contributed by atoms with E-state index in [1.54, 1.807) is 0 Å². The van der Waals surface area contributed by atoms with Crippen molar-refractivity contribution in [3.63, 3.8) is 0 Å². The highest BCUT2D eigenvalue weighted by molar-refractivity contribution is 6.03. The molecule has 3 rings (SSSR count). The molecule has 0 saturated carbocycles. The number of aryl methyl sites for hydroxylation is 1. The van der Waals surface area contributed by atoms with Gasteiger partial charge >= 0.3 is 6.18 Å². The number of alkyl halides is 3. The zero-order valence-electron chi connectivity index (χ0n) is 12.7. The van der Waals surface area contributed by atoms with Crippen molar-refractivity contribution in [2.45, 2.75) is 32.0 Å². The Morgan fingerprint density at radius 1 is 1.25 bits per heavy atom. The predicted octanol–water partition coefficient (Wildman–Crippen LogP) is 2.76. The Hall–Kier alpha value is -2.64. The highest BCUT2D eigenvalue weighted by Gasteiger charge is 2.33. The van der Waals surface area contributed by atoms with E-state index in [9.17, 15) is 18.0 Å². The molecular weight excluding hydrogens is 321 g/mol. The van der Waals surface area contributed by atoms with Crippen molar-refractivity contribution in [3.8, 4) is 0 Å². The fraction of sp³-hybridized carbons (Fsp3) is 0.312. The standard InChI is InChI=1S/C16H15F3N4O/c17-16(18,19)14-8-9-23(22-14)10-15(24)21-20-13-7-3-5-11-4-1-2-6-12(11)13/h1-2,4,6,8-9H,3,5,7,10H2,(H,21,24)/b20-13+. The Kier molecular flexibility index (Phi) is 4.37. The van der Waals surface area contributed by atoms with Gasteiger partial charge in [0.25, 0.3) is 5.91 Å². The average molecular weight is 336 g/mol. The molecule has 126 valence electrons. The van der Waals surface area contributed by atoms with E-state index in [4.69, 9.17) is 0 Å². The molecule has 1 N–H and O–H groups in total. The van der Waals surface area contributed by atoms with Crippen molar-refractivity contribution >= 4 is 11.6 Å². The van der Waals surface area contributed by atoms with E-state index in [2.05, 4.69) is 15.6 Å². The molecule has 1 aromatic carbocycles. The number of carbonyl (C=O) groups is 1. The van der Waals surface area contributed by atoms with Crippen molar-refractivity contribution in [2.75, 3.05) is 0 Å². The minimum absolute atomic E-state index is 0.325. The summed E-state index contributed by atoms with van der Waals surface area (Å²) >= 11 is 0. The maximum absolute atomic E-state index is 12.5. The molecule has 1 aliphatic rings. The molecule has 0 fully saturated rings. The Balaban J connectivity index is 1.65. The lowest BCUT2D eigenvalue weighted by Gasteiger charge is -2.17. The second kappa shape index (κ2) is 6.46. The van der Waals surface area contributed by atoms with Crippen LogP contribution >= 0.6 is 0 Å². The number of aromatic nitrogens is 2. The highest BCUT2D eigenvalue weighted by atomic mass is 19.4. The average Bonchev–Trinajstić information content (AvgIpc) is 3.01. The number of amides is 1. The number of fused-ring (bicyclic) bond motifs is 1. The molecule has 0 saturated heterocycles. The van der Waals surface area contributed by atoms with Gasteiger partial charge in [-0.15, -0.1) is 0 Å². The summed E-state index contributed by atoms with van der Waals surface area (Å²) in [6.45, 7) is -0.325. The summed E-state index contributed by atoms with van der Waals surface area (Å²) in [7, 11) is 0. The summed E-state index contributed by atoms with van der Waals surface area (Å²) in [5.41, 5.74) is 4.33. The number of nitrogens with one attached hydrogen (secondary N) is 1. The molecule has 1 heterocycles. The number of carbonyl (C=O) groups excluding carboxylic acids is 1. The van der Waals surface area contributed by atoms with E-state index in [0.717, 1.165) is 47.5 Å². The first-order valence-corrected chi connectivity index (χ1v) is 7.48. The lowest BCUT2D eigenvalue weighted by molar-refractivity contribution is -0.141. The highest BCUT2D eigenvalue weighted by Crippen LogP contribution is 2.27. The van der Waals surface area contributed by atoms with Crippen molar-refractivity contribution in [1.82, 2.24) is 15.2 Å². The lowest BCUT2D eigenvalue weighted by Crippen LogP contribution is -2.26.